The zero-order valence-corrected chi connectivity index (χ0v) is 10.5. The smallest absolute Gasteiger partial charge is 0.0574 e. The normalized spacial score (nSPS) is 22.1. The Morgan fingerprint density at radius 2 is 2.00 bits per heavy atom. The first-order valence-electron chi connectivity index (χ1n) is 4.64. The molecule has 1 N–H and O–H groups in total. The van der Waals surface area contributed by atoms with E-state index in [9.17, 15) is 4.21 Å². The highest BCUT2D eigenvalue weighted by molar-refractivity contribution is 7.85. The Morgan fingerprint density at radius 1 is 1.33 bits per heavy atom. The highest BCUT2D eigenvalue weighted by atomic mass is 35.5. The van der Waals surface area contributed by atoms with Gasteiger partial charge in [0.15, 0.2) is 0 Å². The second-order valence-electron chi connectivity index (χ2n) is 3.37. The standard InChI is InChI=1S/C10H12ClNOS.ClH/c11-8-1-3-9(4-2-8)14(13)10-5-6-12-7-10;/h1-4,10,12H,5-7H2;1H. The number of hydrogen-bond acceptors (Lipinski definition) is 2. The molecule has 0 amide bonds. The van der Waals surface area contributed by atoms with Gasteiger partial charge >= 0.3 is 0 Å². The van der Waals surface area contributed by atoms with E-state index in [1.165, 1.54) is 0 Å². The summed E-state index contributed by atoms with van der Waals surface area (Å²) in [5, 5.41) is 4.17. The molecule has 5 heteroatoms. The molecule has 1 aliphatic heterocycles. The van der Waals surface area contributed by atoms with Gasteiger partial charge in [0.2, 0.25) is 0 Å². The fraction of sp³-hybridized carbons (Fsp3) is 0.400. The quantitative estimate of drug-likeness (QED) is 0.889. The van der Waals surface area contributed by atoms with Gasteiger partial charge in [0.05, 0.1) is 16.0 Å². The monoisotopic (exact) mass is 265 g/mol. The van der Waals surface area contributed by atoms with Crippen LogP contribution in [0.2, 0.25) is 5.02 Å². The van der Waals surface area contributed by atoms with Gasteiger partial charge in [0.1, 0.15) is 0 Å². The van der Waals surface area contributed by atoms with E-state index in [2.05, 4.69) is 5.32 Å². The molecular weight excluding hydrogens is 253 g/mol. The molecular formula is C10H13Cl2NOS. The van der Waals surface area contributed by atoms with Crippen LogP contribution in [-0.2, 0) is 10.8 Å². The molecule has 15 heavy (non-hydrogen) atoms. The first-order chi connectivity index (χ1) is 6.77. The van der Waals surface area contributed by atoms with Crippen molar-refractivity contribution in [1.29, 1.82) is 0 Å². The van der Waals surface area contributed by atoms with Crippen LogP contribution < -0.4 is 5.32 Å². The summed E-state index contributed by atoms with van der Waals surface area (Å²) >= 11 is 5.76. The molecule has 0 bridgehead atoms. The molecule has 0 aromatic heterocycles. The Kier molecular flexibility index (Phi) is 5.06. The van der Waals surface area contributed by atoms with Crippen molar-refractivity contribution in [2.75, 3.05) is 13.1 Å². The van der Waals surface area contributed by atoms with Crippen molar-refractivity contribution in [2.45, 2.75) is 16.6 Å². The molecule has 1 fully saturated rings. The predicted octanol–water partition coefficient (Wildman–Crippen LogP) is 2.23. The average Bonchev–Trinajstić information content (AvgIpc) is 2.71. The van der Waals surface area contributed by atoms with Gasteiger partial charge in [-0.1, -0.05) is 11.6 Å². The van der Waals surface area contributed by atoms with E-state index in [1.54, 1.807) is 12.1 Å². The summed E-state index contributed by atoms with van der Waals surface area (Å²) in [7, 11) is -0.888. The van der Waals surface area contributed by atoms with Gasteiger partial charge in [-0.2, -0.15) is 0 Å². The Labute approximate surface area is 103 Å². The van der Waals surface area contributed by atoms with E-state index in [0.717, 1.165) is 24.4 Å². The molecule has 1 aromatic carbocycles. The minimum Gasteiger partial charge on any atom is -0.315 e. The molecule has 1 heterocycles. The molecule has 1 aromatic rings. The lowest BCUT2D eigenvalue weighted by Gasteiger charge is -2.07. The minimum atomic E-state index is -0.888. The topological polar surface area (TPSA) is 29.1 Å². The SMILES string of the molecule is Cl.O=S(c1ccc(Cl)cc1)C1CCNC1. The number of hydrogen-bond donors (Lipinski definition) is 1. The summed E-state index contributed by atoms with van der Waals surface area (Å²) < 4.78 is 12.0. The highest BCUT2D eigenvalue weighted by Crippen LogP contribution is 2.18. The molecule has 0 saturated carbocycles. The van der Waals surface area contributed by atoms with Crippen LogP contribution >= 0.6 is 24.0 Å². The maximum atomic E-state index is 12.0. The number of halogens is 2. The van der Waals surface area contributed by atoms with E-state index >= 15 is 0 Å². The van der Waals surface area contributed by atoms with Gasteiger partial charge in [-0.25, -0.2) is 0 Å². The van der Waals surface area contributed by atoms with Crippen molar-refractivity contribution < 1.29 is 4.21 Å². The molecule has 1 aliphatic rings. The summed E-state index contributed by atoms with van der Waals surface area (Å²) in [6, 6.07) is 7.27. The van der Waals surface area contributed by atoms with Crippen molar-refractivity contribution in [3.63, 3.8) is 0 Å². The van der Waals surface area contributed by atoms with Gasteiger partial charge in [0, 0.05) is 16.5 Å². The number of benzene rings is 1. The molecule has 2 atom stereocenters. The van der Waals surface area contributed by atoms with E-state index in [1.807, 2.05) is 12.1 Å². The van der Waals surface area contributed by atoms with Gasteiger partial charge in [-0.15, -0.1) is 12.4 Å². The Balaban J connectivity index is 0.00000112. The fourth-order valence-corrected chi connectivity index (χ4v) is 3.09. The molecule has 0 radical (unpaired) electrons. The summed E-state index contributed by atoms with van der Waals surface area (Å²) in [4.78, 5) is 0.878. The zero-order chi connectivity index (χ0) is 9.97. The molecule has 0 aliphatic carbocycles. The van der Waals surface area contributed by atoms with Gasteiger partial charge in [-0.05, 0) is 37.2 Å². The lowest BCUT2D eigenvalue weighted by molar-refractivity contribution is 0.672. The fourth-order valence-electron chi connectivity index (χ4n) is 1.57. The number of nitrogens with one attached hydrogen (secondary N) is 1. The van der Waals surface area contributed by atoms with Crippen molar-refractivity contribution in [3.8, 4) is 0 Å². The lowest BCUT2D eigenvalue weighted by atomic mass is 10.4. The summed E-state index contributed by atoms with van der Waals surface area (Å²) in [5.74, 6) is 0. The minimum absolute atomic E-state index is 0. The Hall–Kier alpha value is -0.0900. The van der Waals surface area contributed by atoms with Crippen LogP contribution in [0.4, 0.5) is 0 Å². The second-order valence-corrected chi connectivity index (χ2v) is 5.54. The molecule has 2 unspecified atom stereocenters. The molecule has 2 nitrogen and oxygen atoms in total. The van der Waals surface area contributed by atoms with Crippen LogP contribution in [0.1, 0.15) is 6.42 Å². The zero-order valence-electron chi connectivity index (χ0n) is 8.11. The van der Waals surface area contributed by atoms with Crippen molar-refractivity contribution in [3.05, 3.63) is 29.3 Å². The maximum Gasteiger partial charge on any atom is 0.0574 e. The third-order valence-corrected chi connectivity index (χ3v) is 4.36. The number of rotatable bonds is 2. The van der Waals surface area contributed by atoms with Gasteiger partial charge in [-0.3, -0.25) is 4.21 Å². The van der Waals surface area contributed by atoms with Crippen LogP contribution in [0.3, 0.4) is 0 Å². The van der Waals surface area contributed by atoms with Gasteiger partial charge in [0.25, 0.3) is 0 Å². The van der Waals surface area contributed by atoms with Crippen molar-refractivity contribution in [1.82, 2.24) is 5.32 Å². The summed E-state index contributed by atoms with van der Waals surface area (Å²) in [6.45, 7) is 1.83. The first kappa shape index (κ1) is 13.0. The molecule has 0 spiro atoms. The third-order valence-electron chi connectivity index (χ3n) is 2.36. The van der Waals surface area contributed by atoms with Crippen molar-refractivity contribution >= 4 is 34.8 Å². The summed E-state index contributed by atoms with van der Waals surface area (Å²) in [5.41, 5.74) is 0. The van der Waals surface area contributed by atoms with Crippen LogP contribution in [0.15, 0.2) is 29.2 Å². The van der Waals surface area contributed by atoms with Crippen LogP contribution in [0.25, 0.3) is 0 Å². The largest absolute Gasteiger partial charge is 0.315 e. The lowest BCUT2D eigenvalue weighted by Crippen LogP contribution is -2.18. The molecule has 1 saturated heterocycles. The van der Waals surface area contributed by atoms with E-state index in [0.29, 0.717) is 5.02 Å². The maximum absolute atomic E-state index is 12.0. The third kappa shape index (κ3) is 3.18. The van der Waals surface area contributed by atoms with Crippen LogP contribution in [0, 0.1) is 0 Å². The first-order valence-corrected chi connectivity index (χ1v) is 6.23. The van der Waals surface area contributed by atoms with E-state index < -0.39 is 10.8 Å². The predicted molar refractivity (Wildman–Crippen MR) is 66.4 cm³/mol. The molecule has 84 valence electrons. The average molecular weight is 266 g/mol. The van der Waals surface area contributed by atoms with Crippen LogP contribution in [-0.4, -0.2) is 22.5 Å². The van der Waals surface area contributed by atoms with Gasteiger partial charge < -0.3 is 5.32 Å². The van der Waals surface area contributed by atoms with E-state index in [4.69, 9.17) is 11.6 Å². The Bertz CT molecular complexity index is 336. The second kappa shape index (κ2) is 5.85. The van der Waals surface area contributed by atoms with Crippen molar-refractivity contribution in [2.24, 2.45) is 0 Å². The van der Waals surface area contributed by atoms with Crippen LogP contribution in [0.5, 0.6) is 0 Å². The highest BCUT2D eigenvalue weighted by Gasteiger charge is 2.21. The Morgan fingerprint density at radius 3 is 2.53 bits per heavy atom. The molecule has 2 rings (SSSR count). The van der Waals surface area contributed by atoms with E-state index in [-0.39, 0.29) is 17.7 Å². The summed E-state index contributed by atoms with van der Waals surface area (Å²) in [6.07, 6.45) is 0.995.